The van der Waals surface area contributed by atoms with Crippen LogP contribution in [0.15, 0.2) is 24.3 Å². The Morgan fingerprint density at radius 3 is 2.45 bits per heavy atom. The lowest BCUT2D eigenvalue weighted by atomic mass is 9.63. The normalized spacial score (nSPS) is 22.4. The summed E-state index contributed by atoms with van der Waals surface area (Å²) in [6, 6.07) is 7.85. The van der Waals surface area contributed by atoms with Crippen LogP contribution in [0, 0.1) is 0 Å². The van der Waals surface area contributed by atoms with Gasteiger partial charge in [0, 0.05) is 31.2 Å². The molecule has 0 aromatic heterocycles. The highest BCUT2D eigenvalue weighted by atomic mass is 35.5. The second-order valence-electron chi connectivity index (χ2n) is 6.04. The maximum Gasteiger partial charge on any atom is 0.233 e. The maximum absolute atomic E-state index is 13.0. The number of rotatable bonds is 2. The molecule has 2 aliphatic rings. The van der Waals surface area contributed by atoms with Crippen molar-refractivity contribution in [2.75, 3.05) is 33.2 Å². The highest BCUT2D eigenvalue weighted by Crippen LogP contribution is 2.45. The highest BCUT2D eigenvalue weighted by Gasteiger charge is 2.47. The predicted molar refractivity (Wildman–Crippen MR) is 81.1 cm³/mol. The third kappa shape index (κ3) is 2.33. The van der Waals surface area contributed by atoms with Crippen molar-refractivity contribution in [1.29, 1.82) is 0 Å². The van der Waals surface area contributed by atoms with Crippen molar-refractivity contribution in [3.63, 3.8) is 0 Å². The maximum atomic E-state index is 13.0. The summed E-state index contributed by atoms with van der Waals surface area (Å²) in [5, 5.41) is 0.722. The molecule has 1 aromatic rings. The van der Waals surface area contributed by atoms with Crippen molar-refractivity contribution >= 4 is 17.5 Å². The summed E-state index contributed by atoms with van der Waals surface area (Å²) in [7, 11) is 2.11. The first-order valence-corrected chi connectivity index (χ1v) is 7.74. The van der Waals surface area contributed by atoms with Gasteiger partial charge in [-0.1, -0.05) is 30.2 Å². The number of hydrogen-bond donors (Lipinski definition) is 0. The SMILES string of the molecule is CN1CCN(C(=O)C2(c3cccc(Cl)c3)CCC2)CC1. The molecule has 1 amide bonds. The summed E-state index contributed by atoms with van der Waals surface area (Å²) in [5.74, 6) is 0.305. The molecule has 108 valence electrons. The fourth-order valence-electron chi connectivity index (χ4n) is 3.25. The molecule has 0 spiro atoms. The Bertz CT molecular complexity index is 505. The molecule has 4 heteroatoms. The molecule has 1 saturated carbocycles. The molecule has 1 aromatic carbocycles. The van der Waals surface area contributed by atoms with Crippen LogP contribution in [-0.4, -0.2) is 48.9 Å². The van der Waals surface area contributed by atoms with Crippen molar-refractivity contribution in [2.45, 2.75) is 24.7 Å². The van der Waals surface area contributed by atoms with Crippen LogP contribution in [0.1, 0.15) is 24.8 Å². The van der Waals surface area contributed by atoms with Crippen molar-refractivity contribution in [3.05, 3.63) is 34.9 Å². The first-order valence-electron chi connectivity index (χ1n) is 7.36. The first kappa shape index (κ1) is 13.9. The third-order valence-electron chi connectivity index (χ3n) is 4.78. The number of halogens is 1. The number of piperazine rings is 1. The molecule has 1 aliphatic heterocycles. The van der Waals surface area contributed by atoms with Crippen LogP contribution in [0.4, 0.5) is 0 Å². The third-order valence-corrected chi connectivity index (χ3v) is 5.02. The van der Waals surface area contributed by atoms with E-state index in [1.165, 1.54) is 0 Å². The molecular formula is C16H21ClN2O. The van der Waals surface area contributed by atoms with Crippen LogP contribution < -0.4 is 0 Å². The topological polar surface area (TPSA) is 23.6 Å². The lowest BCUT2D eigenvalue weighted by Crippen LogP contribution is -2.56. The molecule has 1 heterocycles. The molecule has 1 aliphatic carbocycles. The van der Waals surface area contributed by atoms with Crippen molar-refractivity contribution in [1.82, 2.24) is 9.80 Å². The molecule has 0 radical (unpaired) electrons. The molecular weight excluding hydrogens is 272 g/mol. The lowest BCUT2D eigenvalue weighted by Gasteiger charge is -2.45. The second-order valence-corrected chi connectivity index (χ2v) is 6.48. The molecule has 0 N–H and O–H groups in total. The van der Waals surface area contributed by atoms with E-state index in [2.05, 4.69) is 18.0 Å². The van der Waals surface area contributed by atoms with Crippen LogP contribution in [0.25, 0.3) is 0 Å². The summed E-state index contributed by atoms with van der Waals surface area (Å²) in [6.07, 6.45) is 3.04. The van der Waals surface area contributed by atoms with E-state index in [1.54, 1.807) is 0 Å². The van der Waals surface area contributed by atoms with Gasteiger partial charge in [-0.3, -0.25) is 4.79 Å². The Labute approximate surface area is 125 Å². The Kier molecular flexibility index (Phi) is 3.74. The van der Waals surface area contributed by atoms with Crippen LogP contribution in [0.3, 0.4) is 0 Å². The van der Waals surface area contributed by atoms with E-state index in [4.69, 9.17) is 11.6 Å². The number of benzene rings is 1. The van der Waals surface area contributed by atoms with Crippen LogP contribution in [0.2, 0.25) is 5.02 Å². The van der Waals surface area contributed by atoms with Gasteiger partial charge in [0.15, 0.2) is 0 Å². The number of nitrogens with zero attached hydrogens (tertiary/aromatic N) is 2. The zero-order chi connectivity index (χ0) is 14.2. The highest BCUT2D eigenvalue weighted by molar-refractivity contribution is 6.30. The minimum Gasteiger partial charge on any atom is -0.339 e. The summed E-state index contributed by atoms with van der Waals surface area (Å²) in [4.78, 5) is 17.3. The van der Waals surface area contributed by atoms with Gasteiger partial charge in [0.25, 0.3) is 0 Å². The minimum atomic E-state index is -0.305. The quantitative estimate of drug-likeness (QED) is 0.836. The predicted octanol–water partition coefficient (Wildman–Crippen LogP) is 2.54. The Morgan fingerprint density at radius 2 is 1.90 bits per heavy atom. The van der Waals surface area contributed by atoms with E-state index in [1.807, 2.05) is 23.1 Å². The Morgan fingerprint density at radius 1 is 1.20 bits per heavy atom. The van der Waals surface area contributed by atoms with Gasteiger partial charge in [-0.25, -0.2) is 0 Å². The van der Waals surface area contributed by atoms with E-state index in [0.717, 1.165) is 56.0 Å². The smallest absolute Gasteiger partial charge is 0.233 e. The van der Waals surface area contributed by atoms with Gasteiger partial charge in [-0.05, 0) is 37.6 Å². The van der Waals surface area contributed by atoms with Crippen LogP contribution >= 0.6 is 11.6 Å². The molecule has 0 atom stereocenters. The monoisotopic (exact) mass is 292 g/mol. The van der Waals surface area contributed by atoms with Gasteiger partial charge in [0.2, 0.25) is 5.91 Å². The number of hydrogen-bond acceptors (Lipinski definition) is 2. The standard InChI is InChI=1S/C16H21ClN2O/c1-18-8-10-19(11-9-18)15(20)16(6-3-7-16)13-4-2-5-14(17)12-13/h2,4-5,12H,3,6-11H2,1H3. The van der Waals surface area contributed by atoms with Crippen LogP contribution in [0.5, 0.6) is 0 Å². The number of amides is 1. The molecule has 3 rings (SSSR count). The molecule has 20 heavy (non-hydrogen) atoms. The fourth-order valence-corrected chi connectivity index (χ4v) is 3.44. The van der Waals surface area contributed by atoms with Gasteiger partial charge < -0.3 is 9.80 Å². The zero-order valence-corrected chi connectivity index (χ0v) is 12.7. The average molecular weight is 293 g/mol. The van der Waals surface area contributed by atoms with E-state index < -0.39 is 0 Å². The largest absolute Gasteiger partial charge is 0.339 e. The molecule has 3 nitrogen and oxygen atoms in total. The van der Waals surface area contributed by atoms with Crippen LogP contribution in [-0.2, 0) is 10.2 Å². The van der Waals surface area contributed by atoms with E-state index in [-0.39, 0.29) is 5.41 Å². The summed E-state index contributed by atoms with van der Waals surface area (Å²) in [5.41, 5.74) is 0.793. The van der Waals surface area contributed by atoms with Crippen molar-refractivity contribution in [2.24, 2.45) is 0 Å². The Balaban J connectivity index is 1.84. The summed E-state index contributed by atoms with van der Waals surface area (Å²) in [6.45, 7) is 3.63. The minimum absolute atomic E-state index is 0.305. The first-order chi connectivity index (χ1) is 9.62. The van der Waals surface area contributed by atoms with Crippen molar-refractivity contribution in [3.8, 4) is 0 Å². The van der Waals surface area contributed by atoms with Gasteiger partial charge in [0.05, 0.1) is 5.41 Å². The number of carbonyl (C=O) groups excluding carboxylic acids is 1. The molecule has 1 saturated heterocycles. The van der Waals surface area contributed by atoms with Gasteiger partial charge in [0.1, 0.15) is 0 Å². The van der Waals surface area contributed by atoms with Gasteiger partial charge in [-0.15, -0.1) is 0 Å². The summed E-state index contributed by atoms with van der Waals surface area (Å²) >= 11 is 6.11. The fraction of sp³-hybridized carbons (Fsp3) is 0.562. The lowest BCUT2D eigenvalue weighted by molar-refractivity contribution is -0.142. The van der Waals surface area contributed by atoms with E-state index in [0.29, 0.717) is 5.91 Å². The summed E-state index contributed by atoms with van der Waals surface area (Å²) < 4.78 is 0. The number of likely N-dealkylation sites (N-methyl/N-ethyl adjacent to an activating group) is 1. The molecule has 0 unspecified atom stereocenters. The Hall–Kier alpha value is -1.06. The average Bonchev–Trinajstić information content (AvgIpc) is 2.38. The van der Waals surface area contributed by atoms with E-state index in [9.17, 15) is 4.79 Å². The second kappa shape index (κ2) is 5.38. The van der Waals surface area contributed by atoms with Crippen molar-refractivity contribution < 1.29 is 4.79 Å². The zero-order valence-electron chi connectivity index (χ0n) is 11.9. The molecule has 2 fully saturated rings. The molecule has 0 bridgehead atoms. The van der Waals surface area contributed by atoms with Gasteiger partial charge >= 0.3 is 0 Å². The van der Waals surface area contributed by atoms with Gasteiger partial charge in [-0.2, -0.15) is 0 Å². The van der Waals surface area contributed by atoms with E-state index >= 15 is 0 Å². The number of carbonyl (C=O) groups is 1.